The Balaban J connectivity index is 1.95. The summed E-state index contributed by atoms with van der Waals surface area (Å²) >= 11 is 0. The Hall–Kier alpha value is -1.90. The van der Waals surface area contributed by atoms with Gasteiger partial charge in [-0.2, -0.15) is 0 Å². The zero-order valence-corrected chi connectivity index (χ0v) is 12.0. The van der Waals surface area contributed by atoms with Crippen LogP contribution in [-0.4, -0.2) is 27.9 Å². The van der Waals surface area contributed by atoms with Gasteiger partial charge in [-0.25, -0.2) is 4.98 Å². The molecule has 1 aliphatic heterocycles. The summed E-state index contributed by atoms with van der Waals surface area (Å²) in [4.78, 5) is 19.3. The number of rotatable bonds is 1. The van der Waals surface area contributed by atoms with Crippen molar-refractivity contribution in [3.05, 3.63) is 42.1 Å². The van der Waals surface area contributed by atoms with E-state index in [4.69, 9.17) is 0 Å². The number of benzene rings is 1. The molecule has 2 unspecified atom stereocenters. The number of hydrogen-bond acceptors (Lipinski definition) is 2. The minimum atomic E-state index is 0.0652. The highest BCUT2D eigenvalue weighted by Crippen LogP contribution is 2.24. The molecule has 104 valence electrons. The van der Waals surface area contributed by atoms with Crippen molar-refractivity contribution < 1.29 is 4.79 Å². The molecule has 0 radical (unpaired) electrons. The predicted molar refractivity (Wildman–Crippen MR) is 80.7 cm³/mol. The lowest BCUT2D eigenvalue weighted by Gasteiger charge is -2.38. The van der Waals surface area contributed by atoms with Gasteiger partial charge in [-0.1, -0.05) is 24.3 Å². The van der Waals surface area contributed by atoms with E-state index >= 15 is 0 Å². The first kappa shape index (κ1) is 13.1. The van der Waals surface area contributed by atoms with E-state index in [1.54, 1.807) is 0 Å². The summed E-state index contributed by atoms with van der Waals surface area (Å²) in [6.45, 7) is 4.27. The molecule has 0 spiro atoms. The van der Waals surface area contributed by atoms with Crippen molar-refractivity contribution in [2.45, 2.75) is 45.2 Å². The molecule has 1 aromatic heterocycles. The molecule has 2 atom stereocenters. The van der Waals surface area contributed by atoms with Crippen LogP contribution in [0.15, 0.2) is 36.4 Å². The number of carbonyl (C=O) groups excluding carboxylic acids is 1. The number of amides is 1. The standard InChI is InChI=1S/C17H20N2O/c1-12-6-5-7-13(2)19(12)17(20)16-11-10-14-8-3-4-9-15(14)18-16/h3-4,8-13H,5-7H2,1-2H3. The average Bonchev–Trinajstić information content (AvgIpc) is 2.46. The van der Waals surface area contributed by atoms with Crippen LogP contribution in [0.2, 0.25) is 0 Å². The van der Waals surface area contributed by atoms with E-state index in [9.17, 15) is 4.79 Å². The van der Waals surface area contributed by atoms with Crippen LogP contribution < -0.4 is 0 Å². The maximum atomic E-state index is 12.7. The number of carbonyl (C=O) groups is 1. The largest absolute Gasteiger partial charge is 0.332 e. The third kappa shape index (κ3) is 2.28. The summed E-state index contributed by atoms with van der Waals surface area (Å²) in [6.07, 6.45) is 3.38. The van der Waals surface area contributed by atoms with Gasteiger partial charge in [-0.3, -0.25) is 4.79 Å². The first-order chi connectivity index (χ1) is 9.66. The third-order valence-corrected chi connectivity index (χ3v) is 4.25. The van der Waals surface area contributed by atoms with Crippen LogP contribution in [0.5, 0.6) is 0 Å². The number of hydrogen-bond donors (Lipinski definition) is 0. The SMILES string of the molecule is CC1CCCC(C)N1C(=O)c1ccc2ccccc2n1. The lowest BCUT2D eigenvalue weighted by atomic mass is 9.97. The summed E-state index contributed by atoms with van der Waals surface area (Å²) in [7, 11) is 0. The molecule has 1 amide bonds. The topological polar surface area (TPSA) is 33.2 Å². The first-order valence-corrected chi connectivity index (χ1v) is 7.35. The second kappa shape index (κ2) is 5.23. The molecule has 1 aromatic carbocycles. The molecule has 0 aliphatic carbocycles. The van der Waals surface area contributed by atoms with Crippen molar-refractivity contribution in [2.75, 3.05) is 0 Å². The van der Waals surface area contributed by atoms with Crippen molar-refractivity contribution >= 4 is 16.8 Å². The molecular formula is C17H20N2O. The highest BCUT2D eigenvalue weighted by Gasteiger charge is 2.30. The number of pyridine rings is 1. The number of piperidine rings is 1. The van der Waals surface area contributed by atoms with Gasteiger partial charge in [-0.05, 0) is 45.2 Å². The number of para-hydroxylation sites is 1. The predicted octanol–water partition coefficient (Wildman–Crippen LogP) is 3.64. The molecule has 0 bridgehead atoms. The van der Waals surface area contributed by atoms with Crippen molar-refractivity contribution in [1.29, 1.82) is 0 Å². The van der Waals surface area contributed by atoms with Crippen molar-refractivity contribution in [2.24, 2.45) is 0 Å². The van der Waals surface area contributed by atoms with Crippen molar-refractivity contribution in [3.8, 4) is 0 Å². The monoisotopic (exact) mass is 268 g/mol. The van der Waals surface area contributed by atoms with E-state index in [1.807, 2.05) is 41.3 Å². The van der Waals surface area contributed by atoms with Gasteiger partial charge >= 0.3 is 0 Å². The Morgan fingerprint density at radius 1 is 1.10 bits per heavy atom. The fraction of sp³-hybridized carbons (Fsp3) is 0.412. The minimum Gasteiger partial charge on any atom is -0.332 e. The van der Waals surface area contributed by atoms with Gasteiger partial charge in [0, 0.05) is 17.5 Å². The normalized spacial score (nSPS) is 23.0. The van der Waals surface area contributed by atoms with Crippen LogP contribution in [-0.2, 0) is 0 Å². The van der Waals surface area contributed by atoms with E-state index in [-0.39, 0.29) is 5.91 Å². The average molecular weight is 268 g/mol. The molecule has 0 N–H and O–H groups in total. The van der Waals surface area contributed by atoms with E-state index in [2.05, 4.69) is 18.8 Å². The van der Waals surface area contributed by atoms with Gasteiger partial charge in [0.25, 0.3) is 5.91 Å². The lowest BCUT2D eigenvalue weighted by molar-refractivity contribution is 0.0505. The number of nitrogens with zero attached hydrogens (tertiary/aromatic N) is 2. The Bertz CT molecular complexity index is 628. The van der Waals surface area contributed by atoms with Crippen LogP contribution in [0.3, 0.4) is 0 Å². The lowest BCUT2D eigenvalue weighted by Crippen LogP contribution is -2.47. The molecule has 3 heteroatoms. The highest BCUT2D eigenvalue weighted by molar-refractivity contribution is 5.95. The van der Waals surface area contributed by atoms with E-state index in [1.165, 1.54) is 6.42 Å². The zero-order chi connectivity index (χ0) is 14.1. The maximum absolute atomic E-state index is 12.7. The second-order valence-electron chi connectivity index (χ2n) is 5.73. The molecule has 1 saturated heterocycles. The summed E-state index contributed by atoms with van der Waals surface area (Å²) in [5, 5.41) is 1.07. The molecular weight excluding hydrogens is 248 g/mol. The second-order valence-corrected chi connectivity index (χ2v) is 5.73. The third-order valence-electron chi connectivity index (χ3n) is 4.25. The Kier molecular flexibility index (Phi) is 3.43. The van der Waals surface area contributed by atoms with Gasteiger partial charge in [0.2, 0.25) is 0 Å². The summed E-state index contributed by atoms with van der Waals surface area (Å²) in [5.41, 5.74) is 1.44. The minimum absolute atomic E-state index is 0.0652. The number of fused-ring (bicyclic) bond motifs is 1. The Morgan fingerprint density at radius 2 is 1.80 bits per heavy atom. The van der Waals surface area contributed by atoms with E-state index in [0.29, 0.717) is 17.8 Å². The maximum Gasteiger partial charge on any atom is 0.272 e. The van der Waals surface area contributed by atoms with Gasteiger partial charge in [0.15, 0.2) is 0 Å². The van der Waals surface area contributed by atoms with Crippen LogP contribution in [0.1, 0.15) is 43.6 Å². The molecule has 3 rings (SSSR count). The first-order valence-electron chi connectivity index (χ1n) is 7.35. The number of likely N-dealkylation sites (tertiary alicyclic amines) is 1. The fourth-order valence-corrected chi connectivity index (χ4v) is 3.14. The quantitative estimate of drug-likeness (QED) is 0.791. The van der Waals surface area contributed by atoms with Crippen molar-refractivity contribution in [1.82, 2.24) is 9.88 Å². The van der Waals surface area contributed by atoms with Crippen LogP contribution >= 0.6 is 0 Å². The van der Waals surface area contributed by atoms with E-state index in [0.717, 1.165) is 23.7 Å². The Morgan fingerprint density at radius 3 is 2.55 bits per heavy atom. The molecule has 3 nitrogen and oxygen atoms in total. The molecule has 2 heterocycles. The van der Waals surface area contributed by atoms with E-state index < -0.39 is 0 Å². The highest BCUT2D eigenvalue weighted by atomic mass is 16.2. The number of aromatic nitrogens is 1. The summed E-state index contributed by atoms with van der Waals surface area (Å²) in [6, 6.07) is 12.3. The van der Waals surface area contributed by atoms with Crippen LogP contribution in [0, 0.1) is 0 Å². The molecule has 2 aromatic rings. The molecule has 20 heavy (non-hydrogen) atoms. The molecule has 1 aliphatic rings. The van der Waals surface area contributed by atoms with Crippen LogP contribution in [0.4, 0.5) is 0 Å². The van der Waals surface area contributed by atoms with Gasteiger partial charge in [0.05, 0.1) is 5.52 Å². The zero-order valence-electron chi connectivity index (χ0n) is 12.0. The molecule has 1 fully saturated rings. The molecule has 0 saturated carbocycles. The van der Waals surface area contributed by atoms with Gasteiger partial charge < -0.3 is 4.90 Å². The van der Waals surface area contributed by atoms with Gasteiger partial charge in [0.1, 0.15) is 5.69 Å². The Labute approximate surface area is 119 Å². The smallest absolute Gasteiger partial charge is 0.272 e. The van der Waals surface area contributed by atoms with Crippen molar-refractivity contribution in [3.63, 3.8) is 0 Å². The summed E-state index contributed by atoms with van der Waals surface area (Å²) in [5.74, 6) is 0.0652. The fourth-order valence-electron chi connectivity index (χ4n) is 3.14. The van der Waals surface area contributed by atoms with Gasteiger partial charge in [-0.15, -0.1) is 0 Å². The van der Waals surface area contributed by atoms with Crippen LogP contribution in [0.25, 0.3) is 10.9 Å². The summed E-state index contributed by atoms with van der Waals surface area (Å²) < 4.78 is 0.